The summed E-state index contributed by atoms with van der Waals surface area (Å²) in [6, 6.07) is 23.8. The number of methoxy groups -OCH3 is 1. The molecule has 0 radical (unpaired) electrons. The lowest BCUT2D eigenvalue weighted by Crippen LogP contribution is -2.58. The number of nitrogens with zero attached hydrogens (tertiary/aromatic N) is 4. The summed E-state index contributed by atoms with van der Waals surface area (Å²) in [5.41, 5.74) is 5.16. The molecule has 2 aliphatic heterocycles. The zero-order valence-electron chi connectivity index (χ0n) is 41.4. The normalized spacial score (nSPS) is 17.9. The van der Waals surface area contributed by atoms with E-state index in [0.717, 1.165) is 27.4 Å². The summed E-state index contributed by atoms with van der Waals surface area (Å²) in [6.45, 7) is 8.88. The maximum Gasteiger partial charge on any atom is 0.246 e. The van der Waals surface area contributed by atoms with Gasteiger partial charge >= 0.3 is 0 Å². The van der Waals surface area contributed by atoms with Crippen molar-refractivity contribution in [1.29, 1.82) is 0 Å². The second-order valence-electron chi connectivity index (χ2n) is 20.1. The Bertz CT molecular complexity index is 3020. The number of aliphatic hydroxyl groups excluding tert-OH is 1. The second-order valence-corrected chi connectivity index (χ2v) is 21.0. The summed E-state index contributed by atoms with van der Waals surface area (Å²) >= 11 is 1.57. The molecule has 3 fully saturated rings. The minimum atomic E-state index is -1.20. The lowest BCUT2D eigenvalue weighted by atomic mass is 9.84. The van der Waals surface area contributed by atoms with Gasteiger partial charge in [0, 0.05) is 61.5 Å². The second kappa shape index (κ2) is 21.0. The highest BCUT2D eigenvalue weighted by Crippen LogP contribution is 2.48. The standard InChI is InChI=1S/C55H59FN8O8S/c1-32-47(73-31-59-32)34-8-6-33(7-9-34)29-58-50(67)44-26-39(65)30-64(44)51(68)48(54(2,3)4)62-49(66)35-19-24-63(25-20-35)43-28-42-41(27-46(43)71-5)45(18-23-57-42)72-40-16-14-38(15-17-40)61-53(70)55(21-22-55)52(69)60-37-12-10-36(56)11-13-37/h6-18,23,27-28,31,35,39,44,48,65H,19-22,24-26,29-30H2,1-5H3,(H,58,67)(H,60,69)(H,61,70)(H,62,66)/t39-,44+,48-/m1/s1. The van der Waals surface area contributed by atoms with Crippen molar-refractivity contribution in [2.24, 2.45) is 16.7 Å². The number of likely N-dealkylation sites (tertiary alicyclic amines) is 1. The average molecular weight is 1010 g/mol. The molecule has 5 amide bonds. The molecular formula is C55H59FN8O8S. The van der Waals surface area contributed by atoms with Crippen LogP contribution in [-0.2, 0) is 30.5 Å². The Kier molecular flexibility index (Phi) is 14.5. The highest BCUT2D eigenvalue weighted by atomic mass is 32.1. The number of pyridine rings is 1. The van der Waals surface area contributed by atoms with Crippen molar-refractivity contribution in [2.75, 3.05) is 42.3 Å². The number of anilines is 3. The van der Waals surface area contributed by atoms with Gasteiger partial charge in [-0.2, -0.15) is 0 Å². The predicted molar refractivity (Wildman–Crippen MR) is 277 cm³/mol. The summed E-state index contributed by atoms with van der Waals surface area (Å²) in [5.74, 6) is -1.07. The van der Waals surface area contributed by atoms with E-state index >= 15 is 0 Å². The van der Waals surface area contributed by atoms with E-state index in [4.69, 9.17) is 9.47 Å². The molecule has 5 N–H and O–H groups in total. The molecule has 18 heteroatoms. The van der Waals surface area contributed by atoms with Crippen LogP contribution in [0.2, 0.25) is 0 Å². The van der Waals surface area contributed by atoms with Crippen LogP contribution >= 0.6 is 11.3 Å². The number of nitrogens with one attached hydrogen (secondary N) is 4. The van der Waals surface area contributed by atoms with Crippen LogP contribution in [-0.4, -0.2) is 94.4 Å². The van der Waals surface area contributed by atoms with E-state index in [1.807, 2.05) is 69.6 Å². The predicted octanol–water partition coefficient (Wildman–Crippen LogP) is 7.99. The minimum absolute atomic E-state index is 0.0159. The van der Waals surface area contributed by atoms with Crippen LogP contribution in [0.25, 0.3) is 21.3 Å². The Morgan fingerprint density at radius 1 is 0.863 bits per heavy atom. The van der Waals surface area contributed by atoms with Crippen molar-refractivity contribution >= 4 is 68.8 Å². The number of hydrogen-bond acceptors (Lipinski definition) is 12. The van der Waals surface area contributed by atoms with Crippen molar-refractivity contribution < 1.29 is 42.9 Å². The highest BCUT2D eigenvalue weighted by molar-refractivity contribution is 7.13. The molecule has 73 heavy (non-hydrogen) atoms. The van der Waals surface area contributed by atoms with E-state index in [9.17, 15) is 33.5 Å². The molecule has 9 rings (SSSR count). The number of thiazole rings is 1. The zero-order valence-corrected chi connectivity index (χ0v) is 42.2. The Morgan fingerprint density at radius 3 is 2.12 bits per heavy atom. The van der Waals surface area contributed by atoms with Crippen molar-refractivity contribution in [3.05, 3.63) is 120 Å². The van der Waals surface area contributed by atoms with Gasteiger partial charge in [-0.25, -0.2) is 9.37 Å². The summed E-state index contributed by atoms with van der Waals surface area (Å²) in [5, 5.41) is 23.0. The molecule has 4 heterocycles. The fourth-order valence-corrected chi connectivity index (χ4v) is 10.3. The van der Waals surface area contributed by atoms with Gasteiger partial charge in [-0.3, -0.25) is 29.0 Å². The van der Waals surface area contributed by atoms with Crippen molar-refractivity contribution in [1.82, 2.24) is 25.5 Å². The molecular weight excluding hydrogens is 952 g/mol. The highest BCUT2D eigenvalue weighted by Gasteiger charge is 2.56. The first-order valence-corrected chi connectivity index (χ1v) is 25.3. The average Bonchev–Trinajstić information content (AvgIpc) is 3.95. The molecule has 4 aromatic carbocycles. The maximum atomic E-state index is 14.4. The number of β-amino-alcohol motifs (C(OH)–C–C–N with tert-alkyl or cyclic N) is 1. The van der Waals surface area contributed by atoms with Gasteiger partial charge in [-0.1, -0.05) is 45.0 Å². The number of aliphatic hydroxyl groups is 1. The molecule has 0 unspecified atom stereocenters. The fourth-order valence-electron chi connectivity index (χ4n) is 9.51. The minimum Gasteiger partial charge on any atom is -0.495 e. The number of carbonyl (C=O) groups excluding carboxylic acids is 5. The maximum absolute atomic E-state index is 14.4. The number of aromatic nitrogens is 2. The Hall–Kier alpha value is -7.44. The third-order valence-electron chi connectivity index (χ3n) is 14.0. The van der Waals surface area contributed by atoms with Crippen LogP contribution in [0.1, 0.15) is 64.1 Å². The molecule has 1 aliphatic carbocycles. The molecule has 0 bridgehead atoms. The number of rotatable bonds is 15. The quantitative estimate of drug-likeness (QED) is 0.0624. The lowest BCUT2D eigenvalue weighted by Gasteiger charge is -2.38. The van der Waals surface area contributed by atoms with Gasteiger partial charge in [-0.15, -0.1) is 11.3 Å². The molecule has 2 saturated heterocycles. The first-order chi connectivity index (χ1) is 35.0. The smallest absolute Gasteiger partial charge is 0.246 e. The van der Waals surface area contributed by atoms with E-state index in [2.05, 4.69) is 36.1 Å². The van der Waals surface area contributed by atoms with Gasteiger partial charge in [-0.05, 0) is 116 Å². The van der Waals surface area contributed by atoms with Crippen LogP contribution in [0.4, 0.5) is 21.5 Å². The molecule has 0 spiro atoms. The summed E-state index contributed by atoms with van der Waals surface area (Å²) < 4.78 is 25.6. The fraction of sp³-hybridized carbons (Fsp3) is 0.364. The van der Waals surface area contributed by atoms with Gasteiger partial charge in [0.1, 0.15) is 40.6 Å². The Morgan fingerprint density at radius 2 is 1.52 bits per heavy atom. The molecule has 6 aromatic rings. The lowest BCUT2D eigenvalue weighted by molar-refractivity contribution is -0.144. The number of ether oxygens (including phenoxy) is 2. The summed E-state index contributed by atoms with van der Waals surface area (Å²) in [4.78, 5) is 82.0. The first kappa shape index (κ1) is 50.5. The molecule has 3 aliphatic rings. The SMILES string of the molecule is COc1cc2c(Oc3ccc(NC(=O)C4(C(=O)Nc5ccc(F)cc5)CC4)cc3)ccnc2cc1N1CCC(C(=O)N[C@H](C(=O)N2C[C@H](O)C[C@H]2C(=O)NCc2ccc(-c3scnc3C)cc2)C(C)(C)C)CC1. The topological polar surface area (TPSA) is 204 Å². The molecule has 16 nitrogen and oxygen atoms in total. The molecule has 3 atom stereocenters. The van der Waals surface area contributed by atoms with E-state index in [-0.39, 0.29) is 37.2 Å². The van der Waals surface area contributed by atoms with Gasteiger partial charge in [0.25, 0.3) is 0 Å². The number of piperidine rings is 1. The van der Waals surface area contributed by atoms with Gasteiger partial charge in [0.05, 0.1) is 40.5 Å². The summed E-state index contributed by atoms with van der Waals surface area (Å²) in [7, 11) is 1.59. The van der Waals surface area contributed by atoms with Crippen LogP contribution < -0.4 is 35.6 Å². The third kappa shape index (κ3) is 11.1. The van der Waals surface area contributed by atoms with Crippen LogP contribution in [0.5, 0.6) is 17.2 Å². The van der Waals surface area contributed by atoms with Crippen molar-refractivity contribution in [3.63, 3.8) is 0 Å². The first-order valence-electron chi connectivity index (χ1n) is 24.4. The summed E-state index contributed by atoms with van der Waals surface area (Å²) in [6.07, 6.45) is 2.68. The van der Waals surface area contributed by atoms with Gasteiger partial charge < -0.3 is 45.6 Å². The number of aryl methyl sites for hydroxylation is 1. The van der Waals surface area contributed by atoms with Crippen LogP contribution in [0.3, 0.4) is 0 Å². The number of halogens is 1. The molecule has 380 valence electrons. The van der Waals surface area contributed by atoms with Crippen molar-refractivity contribution in [2.45, 2.75) is 84.5 Å². The van der Waals surface area contributed by atoms with E-state index < -0.39 is 52.6 Å². The van der Waals surface area contributed by atoms with Gasteiger partial charge in [0.15, 0.2) is 0 Å². The van der Waals surface area contributed by atoms with E-state index in [0.29, 0.717) is 78.3 Å². The van der Waals surface area contributed by atoms with E-state index in [1.165, 1.54) is 29.2 Å². The van der Waals surface area contributed by atoms with Gasteiger partial charge in [0.2, 0.25) is 29.5 Å². The third-order valence-corrected chi connectivity index (χ3v) is 14.9. The van der Waals surface area contributed by atoms with E-state index in [1.54, 1.807) is 55.0 Å². The van der Waals surface area contributed by atoms with Crippen molar-refractivity contribution in [3.8, 4) is 27.7 Å². The number of benzene rings is 4. The van der Waals surface area contributed by atoms with Crippen LogP contribution in [0, 0.1) is 29.5 Å². The van der Waals surface area contributed by atoms with Crippen LogP contribution in [0.15, 0.2) is 103 Å². The number of fused-ring (bicyclic) bond motifs is 1. The Labute approximate surface area is 426 Å². The number of carbonyl (C=O) groups is 5. The molecule has 1 saturated carbocycles. The molecule has 2 aromatic heterocycles. The Balaban J connectivity index is 0.796. The largest absolute Gasteiger partial charge is 0.495 e. The zero-order chi connectivity index (χ0) is 51.6. The number of hydrogen-bond donors (Lipinski definition) is 5. The monoisotopic (exact) mass is 1010 g/mol. The number of amides is 5.